The number of hydrogen-bond donors (Lipinski definition) is 1. The Labute approximate surface area is 149 Å². The number of pyridine rings is 1. The Kier molecular flexibility index (Phi) is 3.59. The molecule has 132 valence electrons. The van der Waals surface area contributed by atoms with E-state index in [1.54, 1.807) is 0 Å². The van der Waals surface area contributed by atoms with Crippen LogP contribution in [0.15, 0.2) is 41.2 Å². The maximum atomic E-state index is 13.2. The summed E-state index contributed by atoms with van der Waals surface area (Å²) < 4.78 is 44.7. The van der Waals surface area contributed by atoms with Gasteiger partial charge in [0.05, 0.1) is 12.0 Å². The summed E-state index contributed by atoms with van der Waals surface area (Å²) >= 11 is 6.02. The fourth-order valence-electron chi connectivity index (χ4n) is 3.08. The smallest absolute Gasteiger partial charge is 0.416 e. The van der Waals surface area contributed by atoms with E-state index >= 15 is 0 Å². The van der Waals surface area contributed by atoms with E-state index in [1.165, 1.54) is 24.3 Å². The highest BCUT2D eigenvalue weighted by Gasteiger charge is 2.32. The van der Waals surface area contributed by atoms with Crippen molar-refractivity contribution in [2.24, 2.45) is 0 Å². The molecule has 3 aromatic rings. The summed E-state index contributed by atoms with van der Waals surface area (Å²) in [5.41, 5.74) is -0.631. The maximum absolute atomic E-state index is 13.2. The molecule has 0 unspecified atom stereocenters. The lowest BCUT2D eigenvalue weighted by Gasteiger charge is -2.14. The number of fused-ring (bicyclic) bond motifs is 5. The summed E-state index contributed by atoms with van der Waals surface area (Å²) in [5.74, 6) is -0.536. The molecular weight excluding hydrogens is 371 g/mol. The van der Waals surface area contributed by atoms with Crippen molar-refractivity contribution in [3.05, 3.63) is 62.9 Å². The third-order valence-electron chi connectivity index (χ3n) is 4.20. The van der Waals surface area contributed by atoms with Gasteiger partial charge in [0.1, 0.15) is 5.75 Å². The van der Waals surface area contributed by atoms with Gasteiger partial charge in [-0.3, -0.25) is 9.59 Å². The first-order chi connectivity index (χ1) is 12.2. The molecule has 1 aliphatic rings. The zero-order valence-electron chi connectivity index (χ0n) is 12.9. The predicted molar refractivity (Wildman–Crippen MR) is 89.4 cm³/mol. The Morgan fingerprint density at radius 3 is 2.58 bits per heavy atom. The molecule has 4 rings (SSSR count). The van der Waals surface area contributed by atoms with Gasteiger partial charge in [0.25, 0.3) is 5.56 Å². The zero-order valence-corrected chi connectivity index (χ0v) is 13.7. The first kappa shape index (κ1) is 16.7. The molecule has 1 aliphatic heterocycles. The molecule has 26 heavy (non-hydrogen) atoms. The number of H-pyrrole nitrogens is 1. The zero-order chi connectivity index (χ0) is 18.6. The minimum absolute atomic E-state index is 0.0443. The van der Waals surface area contributed by atoms with E-state index < -0.39 is 23.3 Å². The molecule has 4 nitrogen and oxygen atoms in total. The van der Waals surface area contributed by atoms with Crippen LogP contribution < -0.4 is 10.3 Å². The minimum atomic E-state index is -4.55. The third kappa shape index (κ3) is 2.64. The van der Waals surface area contributed by atoms with Crippen LogP contribution in [0.4, 0.5) is 13.2 Å². The molecule has 0 saturated carbocycles. The normalized spacial score (nSPS) is 13.8. The largest absolute Gasteiger partial charge is 0.426 e. The van der Waals surface area contributed by atoms with E-state index in [4.69, 9.17) is 16.3 Å². The molecule has 0 atom stereocenters. The summed E-state index contributed by atoms with van der Waals surface area (Å²) in [6, 6.07) is 7.44. The highest BCUT2D eigenvalue weighted by atomic mass is 35.5. The van der Waals surface area contributed by atoms with Gasteiger partial charge >= 0.3 is 12.1 Å². The van der Waals surface area contributed by atoms with Crippen LogP contribution >= 0.6 is 11.6 Å². The number of benzene rings is 2. The van der Waals surface area contributed by atoms with Crippen LogP contribution in [0.2, 0.25) is 5.02 Å². The fraction of sp³-hybridized carbons (Fsp3) is 0.111. The number of aromatic nitrogens is 1. The van der Waals surface area contributed by atoms with E-state index in [9.17, 15) is 22.8 Å². The van der Waals surface area contributed by atoms with Crippen molar-refractivity contribution in [3.63, 3.8) is 0 Å². The number of nitrogens with one attached hydrogen (secondary N) is 1. The molecule has 0 fully saturated rings. The van der Waals surface area contributed by atoms with Gasteiger partial charge in [0, 0.05) is 32.6 Å². The minimum Gasteiger partial charge on any atom is -0.426 e. The van der Waals surface area contributed by atoms with Crippen molar-refractivity contribution in [2.45, 2.75) is 12.6 Å². The first-order valence-electron chi connectivity index (χ1n) is 7.51. The lowest BCUT2D eigenvalue weighted by Crippen LogP contribution is -2.19. The van der Waals surface area contributed by atoms with Gasteiger partial charge in [-0.2, -0.15) is 13.2 Å². The van der Waals surface area contributed by atoms with Crippen LogP contribution in [0.3, 0.4) is 0 Å². The summed E-state index contributed by atoms with van der Waals surface area (Å²) in [6.45, 7) is 0. The lowest BCUT2D eigenvalue weighted by atomic mass is 9.94. The molecule has 0 radical (unpaired) electrons. The fourth-order valence-corrected chi connectivity index (χ4v) is 3.25. The van der Waals surface area contributed by atoms with Crippen LogP contribution in [0.1, 0.15) is 11.1 Å². The highest BCUT2D eigenvalue weighted by molar-refractivity contribution is 6.31. The van der Waals surface area contributed by atoms with Gasteiger partial charge in [-0.15, -0.1) is 0 Å². The van der Waals surface area contributed by atoms with Gasteiger partial charge in [0.2, 0.25) is 0 Å². The maximum Gasteiger partial charge on any atom is 0.416 e. The number of rotatable bonds is 0. The van der Waals surface area contributed by atoms with Crippen LogP contribution in [0.5, 0.6) is 5.75 Å². The number of carbonyl (C=O) groups is 1. The topological polar surface area (TPSA) is 59.2 Å². The molecular formula is C18H9ClF3NO3. The molecule has 0 saturated heterocycles. The summed E-state index contributed by atoms with van der Waals surface area (Å²) in [5, 5.41) is 0.462. The highest BCUT2D eigenvalue weighted by Crippen LogP contribution is 2.41. The van der Waals surface area contributed by atoms with Crippen LogP contribution in [0.25, 0.3) is 22.0 Å². The van der Waals surface area contributed by atoms with Gasteiger partial charge in [-0.05, 0) is 36.4 Å². The van der Waals surface area contributed by atoms with Crippen LogP contribution in [-0.2, 0) is 17.4 Å². The third-order valence-corrected chi connectivity index (χ3v) is 4.43. The Bertz CT molecular complexity index is 1130. The molecule has 0 spiro atoms. The van der Waals surface area contributed by atoms with Crippen molar-refractivity contribution < 1.29 is 22.7 Å². The quantitative estimate of drug-likeness (QED) is 0.467. The number of ether oxygens (including phenoxy) is 1. The number of hydrogen-bond acceptors (Lipinski definition) is 3. The molecule has 2 heterocycles. The predicted octanol–water partition coefficient (Wildman–Crippen LogP) is 4.33. The van der Waals surface area contributed by atoms with Gasteiger partial charge in [0.15, 0.2) is 0 Å². The van der Waals surface area contributed by atoms with Crippen LogP contribution in [-0.4, -0.2) is 11.0 Å². The Morgan fingerprint density at radius 1 is 1.08 bits per heavy atom. The average molecular weight is 380 g/mol. The second-order valence-corrected chi connectivity index (χ2v) is 6.29. The summed E-state index contributed by atoms with van der Waals surface area (Å²) in [7, 11) is 0. The van der Waals surface area contributed by atoms with E-state index in [-0.39, 0.29) is 34.2 Å². The number of esters is 1. The molecule has 2 aromatic carbocycles. The molecule has 0 aliphatic carbocycles. The second-order valence-electron chi connectivity index (χ2n) is 5.86. The number of halogens is 4. The van der Waals surface area contributed by atoms with E-state index in [0.717, 1.165) is 12.1 Å². The monoisotopic (exact) mass is 379 g/mol. The average Bonchev–Trinajstić information content (AvgIpc) is 2.70. The molecule has 1 N–H and O–H groups in total. The van der Waals surface area contributed by atoms with Crippen molar-refractivity contribution in [1.82, 2.24) is 4.98 Å². The molecule has 0 amide bonds. The first-order valence-corrected chi connectivity index (χ1v) is 7.88. The lowest BCUT2D eigenvalue weighted by molar-refractivity contribution is -0.137. The molecule has 0 bridgehead atoms. The Morgan fingerprint density at radius 2 is 1.85 bits per heavy atom. The van der Waals surface area contributed by atoms with Gasteiger partial charge < -0.3 is 9.72 Å². The molecule has 1 aromatic heterocycles. The number of alkyl halides is 3. The summed E-state index contributed by atoms with van der Waals surface area (Å²) in [6.07, 6.45) is -4.91. The van der Waals surface area contributed by atoms with Crippen molar-refractivity contribution >= 4 is 28.5 Å². The van der Waals surface area contributed by atoms with Crippen LogP contribution in [0, 0.1) is 0 Å². The SMILES string of the molecule is O=C1Cc2c(c3cc(C(F)(F)F)ccc3[nH]c2=O)-c2cc(Cl)ccc2O1. The van der Waals surface area contributed by atoms with Crippen molar-refractivity contribution in [1.29, 1.82) is 0 Å². The van der Waals surface area contributed by atoms with E-state index in [1.807, 2.05) is 0 Å². The van der Waals surface area contributed by atoms with E-state index in [2.05, 4.69) is 4.98 Å². The van der Waals surface area contributed by atoms with Crippen molar-refractivity contribution in [3.8, 4) is 16.9 Å². The Balaban J connectivity index is 2.18. The van der Waals surface area contributed by atoms with Gasteiger partial charge in [-0.25, -0.2) is 0 Å². The number of aromatic amines is 1. The summed E-state index contributed by atoms with van der Waals surface area (Å²) in [4.78, 5) is 27.0. The standard InChI is InChI=1S/C18H9ClF3NO3/c19-9-2-4-14-11(6-9)16-10-5-8(18(20,21)22)1-3-13(10)23-17(25)12(16)7-15(24)26-14/h1-6H,7H2,(H,23,25). The second kappa shape index (κ2) is 5.60. The number of carbonyl (C=O) groups excluding carboxylic acids is 1. The molecule has 8 heteroatoms. The Hall–Kier alpha value is -2.80. The van der Waals surface area contributed by atoms with Gasteiger partial charge in [-0.1, -0.05) is 11.6 Å². The van der Waals surface area contributed by atoms with Crippen molar-refractivity contribution in [2.75, 3.05) is 0 Å². The van der Waals surface area contributed by atoms with E-state index in [0.29, 0.717) is 10.6 Å².